The Morgan fingerprint density at radius 1 is 0.722 bits per heavy atom. The van der Waals surface area contributed by atoms with Crippen LogP contribution in [0.2, 0.25) is 0 Å². The molecule has 1 heterocycles. The van der Waals surface area contributed by atoms with Crippen molar-refractivity contribution >= 4 is 27.6 Å². The molecule has 0 radical (unpaired) electrons. The van der Waals surface area contributed by atoms with Crippen LogP contribution in [-0.4, -0.2) is 27.8 Å². The van der Waals surface area contributed by atoms with Gasteiger partial charge < -0.3 is 16.4 Å². The summed E-state index contributed by atoms with van der Waals surface area (Å²) in [5.41, 5.74) is 1.39. The molecule has 1 aromatic heterocycles. The number of benzene rings is 3. The van der Waals surface area contributed by atoms with Gasteiger partial charge in [0.25, 0.3) is 0 Å². The Labute approximate surface area is 229 Å². The van der Waals surface area contributed by atoms with Crippen LogP contribution in [0.4, 0.5) is 0 Å². The second kappa shape index (κ2) is 20.6. The average molecular weight is 672 g/mol. The minimum absolute atomic E-state index is 0. The largest absolute Gasteiger partial charge is 0.478 e. The molecule has 0 bridgehead atoms. The van der Waals surface area contributed by atoms with Gasteiger partial charge in [-0.1, -0.05) is 113 Å². The maximum Gasteiger partial charge on any atom is 0.335 e. The number of aromatic carboxylic acids is 1. The summed E-state index contributed by atoms with van der Waals surface area (Å²) < 4.78 is 0. The summed E-state index contributed by atoms with van der Waals surface area (Å²) >= 11 is 0. The van der Waals surface area contributed by atoms with E-state index in [1.807, 2.05) is 24.4 Å². The van der Waals surface area contributed by atoms with E-state index in [9.17, 15) is 4.79 Å². The minimum Gasteiger partial charge on any atom is -0.478 e. The van der Waals surface area contributed by atoms with E-state index in [2.05, 4.69) is 42.2 Å². The van der Waals surface area contributed by atoms with E-state index >= 15 is 0 Å². The topological polar surface area (TPSA) is 105 Å². The zero-order chi connectivity index (χ0) is 24.4. The van der Waals surface area contributed by atoms with Crippen LogP contribution in [0.15, 0.2) is 85.1 Å². The second-order valence-electron chi connectivity index (χ2n) is 8.23. The van der Waals surface area contributed by atoms with E-state index in [0.29, 0.717) is 12.2 Å². The number of hydrogen-bond donors (Lipinski definition) is 3. The predicted octanol–water partition coefficient (Wildman–Crippen LogP) is 8.05. The first kappa shape index (κ1) is 33.4. The number of rotatable bonds is 9. The van der Waals surface area contributed by atoms with Crippen molar-refractivity contribution in [1.29, 1.82) is 0 Å². The molecule has 0 saturated carbocycles. The van der Waals surface area contributed by atoms with Gasteiger partial charge in [0.15, 0.2) is 0 Å². The SMILES string of the molecule is CCCCCCCCCCO.N.O=C(O)c1ccccc1.[Pt].c1ccc2c(c1)cnc1ccccc12. The Kier molecular flexibility index (Phi) is 19.1. The Hall–Kier alpha value is -2.59. The normalized spacial score (nSPS) is 9.61. The van der Waals surface area contributed by atoms with Gasteiger partial charge in [-0.15, -0.1) is 0 Å². The summed E-state index contributed by atoms with van der Waals surface area (Å²) in [6.07, 6.45) is 12.3. The molecule has 5 N–H and O–H groups in total. The molecule has 5 nitrogen and oxygen atoms in total. The summed E-state index contributed by atoms with van der Waals surface area (Å²) in [6.45, 7) is 2.61. The van der Waals surface area contributed by atoms with Gasteiger partial charge in [-0.2, -0.15) is 0 Å². The Morgan fingerprint density at radius 3 is 1.83 bits per heavy atom. The van der Waals surface area contributed by atoms with Crippen LogP contribution < -0.4 is 6.15 Å². The minimum atomic E-state index is -0.879. The van der Waals surface area contributed by atoms with Crippen LogP contribution >= 0.6 is 0 Å². The molecule has 0 unspecified atom stereocenters. The maximum absolute atomic E-state index is 10.2. The van der Waals surface area contributed by atoms with Crippen LogP contribution in [0.25, 0.3) is 21.7 Å². The molecule has 0 aliphatic rings. The Morgan fingerprint density at radius 2 is 1.25 bits per heavy atom. The van der Waals surface area contributed by atoms with Gasteiger partial charge in [-0.05, 0) is 30.0 Å². The van der Waals surface area contributed by atoms with Crippen molar-refractivity contribution in [3.05, 3.63) is 90.6 Å². The fraction of sp³-hybridized carbons (Fsp3) is 0.333. The summed E-state index contributed by atoms with van der Waals surface area (Å²) in [4.78, 5) is 14.6. The number of carbonyl (C=O) groups is 1. The first-order valence-electron chi connectivity index (χ1n) is 12.3. The molecule has 0 fully saturated rings. The number of fused-ring (bicyclic) bond motifs is 3. The fourth-order valence-corrected chi connectivity index (χ4v) is 3.63. The van der Waals surface area contributed by atoms with Gasteiger partial charge in [0.2, 0.25) is 0 Å². The summed E-state index contributed by atoms with van der Waals surface area (Å²) in [7, 11) is 0. The van der Waals surface area contributed by atoms with E-state index in [1.54, 1.807) is 30.3 Å². The molecule has 0 aliphatic heterocycles. The molecule has 0 atom stereocenters. The molecule has 36 heavy (non-hydrogen) atoms. The fourth-order valence-electron chi connectivity index (χ4n) is 3.63. The van der Waals surface area contributed by atoms with Crippen molar-refractivity contribution in [3.8, 4) is 0 Å². The maximum atomic E-state index is 10.2. The number of hydrogen-bond acceptors (Lipinski definition) is 4. The van der Waals surface area contributed by atoms with Crippen LogP contribution in [0, 0.1) is 0 Å². The van der Waals surface area contributed by atoms with Crippen molar-refractivity contribution in [2.45, 2.75) is 58.3 Å². The molecular formula is C30H40N2O3Pt. The van der Waals surface area contributed by atoms with Gasteiger partial charge in [0, 0.05) is 44.6 Å². The molecule has 0 saturated heterocycles. The molecule has 3 aromatic carbocycles. The van der Waals surface area contributed by atoms with Gasteiger partial charge in [0.05, 0.1) is 11.1 Å². The zero-order valence-electron chi connectivity index (χ0n) is 21.2. The third-order valence-electron chi connectivity index (χ3n) is 5.53. The standard InChI is InChI=1S/C13H9N.C10H22O.C7H6O2.H3N.Pt/c1-2-6-11-10(5-1)9-14-13-8-4-3-7-12(11)13;1-2-3-4-5-6-7-8-9-10-11;8-7(9)6-4-2-1-3-5-6;;/h1-9H;11H,2-10H2,1H3;1-5H,(H,8,9);1H3;. The number of carboxylic acids is 1. The number of para-hydroxylation sites is 1. The van der Waals surface area contributed by atoms with Crippen LogP contribution in [0.3, 0.4) is 0 Å². The van der Waals surface area contributed by atoms with Crippen molar-refractivity contribution in [1.82, 2.24) is 11.1 Å². The van der Waals surface area contributed by atoms with E-state index in [1.165, 1.54) is 61.1 Å². The molecule has 0 amide bonds. The zero-order valence-corrected chi connectivity index (χ0v) is 23.5. The first-order chi connectivity index (χ1) is 16.7. The van der Waals surface area contributed by atoms with Crippen LogP contribution in [0.1, 0.15) is 68.6 Å². The van der Waals surface area contributed by atoms with Crippen molar-refractivity contribution < 1.29 is 36.1 Å². The van der Waals surface area contributed by atoms with Crippen molar-refractivity contribution in [2.24, 2.45) is 0 Å². The number of aliphatic hydroxyl groups excluding tert-OH is 1. The molecule has 6 heteroatoms. The molecular weight excluding hydrogens is 631 g/mol. The van der Waals surface area contributed by atoms with Crippen LogP contribution in [-0.2, 0) is 21.1 Å². The molecule has 4 rings (SSSR count). The number of nitrogens with zero attached hydrogens (tertiary/aromatic N) is 1. The van der Waals surface area contributed by atoms with E-state index in [0.717, 1.165) is 11.9 Å². The second-order valence-corrected chi connectivity index (χ2v) is 8.23. The third kappa shape index (κ3) is 12.4. The number of carboxylic acid groups (broad SMARTS) is 1. The molecule has 4 aromatic rings. The smallest absolute Gasteiger partial charge is 0.335 e. The van der Waals surface area contributed by atoms with Gasteiger partial charge >= 0.3 is 5.97 Å². The summed E-state index contributed by atoms with van der Waals surface area (Å²) in [6, 6.07) is 24.9. The third-order valence-corrected chi connectivity index (χ3v) is 5.53. The monoisotopic (exact) mass is 671 g/mol. The molecule has 198 valence electrons. The predicted molar refractivity (Wildman–Crippen MR) is 147 cm³/mol. The number of aliphatic hydroxyl groups is 1. The molecule has 0 spiro atoms. The van der Waals surface area contributed by atoms with Crippen molar-refractivity contribution in [3.63, 3.8) is 0 Å². The van der Waals surface area contributed by atoms with Crippen LogP contribution in [0.5, 0.6) is 0 Å². The number of aromatic nitrogens is 1. The first-order valence-corrected chi connectivity index (χ1v) is 12.3. The van der Waals surface area contributed by atoms with E-state index < -0.39 is 5.97 Å². The van der Waals surface area contributed by atoms with Gasteiger partial charge in [0.1, 0.15) is 0 Å². The molecule has 0 aliphatic carbocycles. The quantitative estimate of drug-likeness (QED) is 0.123. The number of unbranched alkanes of at least 4 members (excludes halogenated alkanes) is 7. The van der Waals surface area contributed by atoms with Gasteiger partial charge in [-0.3, -0.25) is 4.98 Å². The van der Waals surface area contributed by atoms with E-state index in [4.69, 9.17) is 10.2 Å². The summed E-state index contributed by atoms with van der Waals surface area (Å²) in [5.74, 6) is -0.879. The average Bonchev–Trinajstić information content (AvgIpc) is 2.89. The van der Waals surface area contributed by atoms with Crippen molar-refractivity contribution in [2.75, 3.05) is 6.61 Å². The Bertz CT molecular complexity index is 1040. The van der Waals surface area contributed by atoms with Gasteiger partial charge in [-0.25, -0.2) is 4.79 Å². The number of pyridine rings is 1. The Balaban J connectivity index is 0.000000511. The summed E-state index contributed by atoms with van der Waals surface area (Å²) in [5, 5.41) is 20.6. The van der Waals surface area contributed by atoms with E-state index in [-0.39, 0.29) is 27.2 Å².